The first-order chi connectivity index (χ1) is 7.92. The second kappa shape index (κ2) is 8.48. The third kappa shape index (κ3) is 6.64. The molecule has 102 valence electrons. The number of likely N-dealkylation sites (N-methyl/N-ethyl adjacent to an activating group) is 1. The number of nitrogens with two attached hydrogens (primary N) is 1. The van der Waals surface area contributed by atoms with Crippen molar-refractivity contribution < 1.29 is 4.79 Å². The second-order valence-electron chi connectivity index (χ2n) is 4.99. The Bertz CT molecular complexity index is 213. The molecule has 0 aliphatic carbocycles. The average Bonchev–Trinajstić information content (AvgIpc) is 2.27. The predicted octanol–water partition coefficient (Wildman–Crippen LogP) is 1.16. The van der Waals surface area contributed by atoms with Crippen molar-refractivity contribution in [2.45, 2.75) is 40.7 Å². The molecule has 1 unspecified atom stereocenters. The van der Waals surface area contributed by atoms with Crippen molar-refractivity contribution in [3.05, 3.63) is 0 Å². The van der Waals surface area contributed by atoms with Crippen LogP contribution in [-0.2, 0) is 4.79 Å². The summed E-state index contributed by atoms with van der Waals surface area (Å²) in [6.45, 7) is 14.8. The molecule has 0 aliphatic heterocycles. The highest BCUT2D eigenvalue weighted by atomic mass is 16.2. The van der Waals surface area contributed by atoms with Crippen LogP contribution in [0.4, 0.5) is 0 Å². The Kier molecular flexibility index (Phi) is 8.17. The lowest BCUT2D eigenvalue weighted by molar-refractivity contribution is -0.133. The molecule has 0 heterocycles. The van der Waals surface area contributed by atoms with Crippen molar-refractivity contribution in [2.24, 2.45) is 11.7 Å². The lowest BCUT2D eigenvalue weighted by Crippen LogP contribution is -2.46. The fraction of sp³-hybridized carbons (Fsp3) is 0.923. The number of rotatable bonds is 8. The minimum atomic E-state index is -0.398. The molecule has 0 aromatic carbocycles. The molecule has 2 N–H and O–H groups in total. The van der Waals surface area contributed by atoms with E-state index < -0.39 is 6.04 Å². The molecule has 1 amide bonds. The minimum Gasteiger partial charge on any atom is -0.340 e. The molecular formula is C13H29N3O. The van der Waals surface area contributed by atoms with E-state index in [1.54, 1.807) is 6.92 Å². The van der Waals surface area contributed by atoms with Crippen LogP contribution in [0.2, 0.25) is 0 Å². The molecule has 0 bridgehead atoms. The zero-order valence-electron chi connectivity index (χ0n) is 12.1. The van der Waals surface area contributed by atoms with Crippen molar-refractivity contribution in [2.75, 3.05) is 32.7 Å². The van der Waals surface area contributed by atoms with Crippen molar-refractivity contribution >= 4 is 5.91 Å². The number of carbonyl (C=O) groups excluding carboxylic acids is 1. The van der Waals surface area contributed by atoms with E-state index in [4.69, 9.17) is 5.73 Å². The maximum absolute atomic E-state index is 12.0. The van der Waals surface area contributed by atoms with Crippen molar-refractivity contribution in [1.82, 2.24) is 9.80 Å². The molecule has 0 saturated carbocycles. The average molecular weight is 243 g/mol. The van der Waals surface area contributed by atoms with E-state index in [2.05, 4.69) is 32.6 Å². The fourth-order valence-electron chi connectivity index (χ4n) is 1.82. The van der Waals surface area contributed by atoms with Gasteiger partial charge >= 0.3 is 0 Å². The molecule has 0 rings (SSSR count). The van der Waals surface area contributed by atoms with Gasteiger partial charge in [-0.05, 0) is 25.9 Å². The smallest absolute Gasteiger partial charge is 0.239 e. The van der Waals surface area contributed by atoms with Crippen LogP contribution in [0, 0.1) is 5.92 Å². The summed E-state index contributed by atoms with van der Waals surface area (Å²) < 4.78 is 0. The van der Waals surface area contributed by atoms with E-state index in [0.717, 1.165) is 32.7 Å². The molecule has 17 heavy (non-hydrogen) atoms. The zero-order valence-corrected chi connectivity index (χ0v) is 12.1. The Morgan fingerprint density at radius 1 is 1.12 bits per heavy atom. The van der Waals surface area contributed by atoms with E-state index in [9.17, 15) is 4.79 Å². The summed E-state index contributed by atoms with van der Waals surface area (Å²) in [4.78, 5) is 16.2. The van der Waals surface area contributed by atoms with Gasteiger partial charge in [0, 0.05) is 19.6 Å². The first kappa shape index (κ1) is 16.4. The molecule has 0 fully saturated rings. The molecule has 0 aromatic heterocycles. The summed E-state index contributed by atoms with van der Waals surface area (Å²) in [5.74, 6) is 0.542. The van der Waals surface area contributed by atoms with Gasteiger partial charge < -0.3 is 15.5 Å². The Morgan fingerprint density at radius 2 is 1.65 bits per heavy atom. The Morgan fingerprint density at radius 3 is 2.00 bits per heavy atom. The Labute approximate surface area is 106 Å². The summed E-state index contributed by atoms with van der Waals surface area (Å²) in [6.07, 6.45) is 0. The van der Waals surface area contributed by atoms with Gasteiger partial charge in [-0.15, -0.1) is 0 Å². The largest absolute Gasteiger partial charge is 0.340 e. The number of amides is 1. The van der Waals surface area contributed by atoms with Crippen LogP contribution in [0.25, 0.3) is 0 Å². The van der Waals surface area contributed by atoms with Crippen molar-refractivity contribution in [1.29, 1.82) is 0 Å². The van der Waals surface area contributed by atoms with Crippen LogP contribution < -0.4 is 5.73 Å². The molecule has 0 radical (unpaired) electrons. The molecule has 0 aliphatic rings. The van der Waals surface area contributed by atoms with E-state index >= 15 is 0 Å². The molecule has 4 nitrogen and oxygen atoms in total. The highest BCUT2D eigenvalue weighted by Gasteiger charge is 2.18. The van der Waals surface area contributed by atoms with E-state index in [-0.39, 0.29) is 5.91 Å². The SMILES string of the molecule is CCN(CC)CCN(CC(C)C)C(=O)C(C)N. The summed E-state index contributed by atoms with van der Waals surface area (Å²) >= 11 is 0. The van der Waals surface area contributed by atoms with Crippen molar-refractivity contribution in [3.8, 4) is 0 Å². The maximum Gasteiger partial charge on any atom is 0.239 e. The molecular weight excluding hydrogens is 214 g/mol. The van der Waals surface area contributed by atoms with Gasteiger partial charge in [0.15, 0.2) is 0 Å². The summed E-state index contributed by atoms with van der Waals surface area (Å²) in [6, 6.07) is -0.398. The van der Waals surface area contributed by atoms with E-state index in [1.165, 1.54) is 0 Å². The van der Waals surface area contributed by atoms with Gasteiger partial charge in [0.2, 0.25) is 5.91 Å². The van der Waals surface area contributed by atoms with Crippen LogP contribution in [0.3, 0.4) is 0 Å². The summed E-state index contributed by atoms with van der Waals surface area (Å²) in [5, 5.41) is 0. The molecule has 0 aromatic rings. The van der Waals surface area contributed by atoms with Crippen molar-refractivity contribution in [3.63, 3.8) is 0 Å². The van der Waals surface area contributed by atoms with Crippen LogP contribution >= 0.6 is 0 Å². The van der Waals surface area contributed by atoms with Gasteiger partial charge in [0.1, 0.15) is 0 Å². The third-order valence-electron chi connectivity index (χ3n) is 2.87. The van der Waals surface area contributed by atoms with E-state index in [1.807, 2.05) is 4.90 Å². The molecule has 0 saturated heterocycles. The van der Waals surface area contributed by atoms with Gasteiger partial charge in [-0.25, -0.2) is 0 Å². The topological polar surface area (TPSA) is 49.6 Å². The highest BCUT2D eigenvalue weighted by Crippen LogP contribution is 2.02. The van der Waals surface area contributed by atoms with Crippen LogP contribution in [0.1, 0.15) is 34.6 Å². The normalized spacial score (nSPS) is 13.2. The first-order valence-corrected chi connectivity index (χ1v) is 6.69. The fourth-order valence-corrected chi connectivity index (χ4v) is 1.82. The van der Waals surface area contributed by atoms with E-state index in [0.29, 0.717) is 5.92 Å². The third-order valence-corrected chi connectivity index (χ3v) is 2.87. The lowest BCUT2D eigenvalue weighted by atomic mass is 10.2. The summed E-state index contributed by atoms with van der Waals surface area (Å²) in [5.41, 5.74) is 5.68. The zero-order chi connectivity index (χ0) is 13.4. The monoisotopic (exact) mass is 243 g/mol. The molecule has 1 atom stereocenters. The maximum atomic E-state index is 12.0. The van der Waals surface area contributed by atoms with Crippen LogP contribution in [0.15, 0.2) is 0 Å². The standard InChI is InChI=1S/C13H29N3O/c1-6-15(7-2)8-9-16(10-11(3)4)13(17)12(5)14/h11-12H,6-10,14H2,1-5H3. The second-order valence-corrected chi connectivity index (χ2v) is 4.99. The van der Waals surface area contributed by atoms with Gasteiger partial charge in [0.05, 0.1) is 6.04 Å². The minimum absolute atomic E-state index is 0.0610. The predicted molar refractivity (Wildman–Crippen MR) is 72.9 cm³/mol. The number of hydrogen-bond donors (Lipinski definition) is 1. The van der Waals surface area contributed by atoms with Gasteiger partial charge in [-0.2, -0.15) is 0 Å². The van der Waals surface area contributed by atoms with Gasteiger partial charge in [-0.3, -0.25) is 4.79 Å². The number of hydrogen-bond acceptors (Lipinski definition) is 3. The highest BCUT2D eigenvalue weighted by molar-refractivity contribution is 5.81. The quantitative estimate of drug-likeness (QED) is 0.696. The first-order valence-electron chi connectivity index (χ1n) is 6.69. The van der Waals surface area contributed by atoms with Gasteiger partial charge in [0.25, 0.3) is 0 Å². The number of carbonyl (C=O) groups is 1. The lowest BCUT2D eigenvalue weighted by Gasteiger charge is -2.29. The Hall–Kier alpha value is -0.610. The van der Waals surface area contributed by atoms with Gasteiger partial charge in [-0.1, -0.05) is 27.7 Å². The summed E-state index contributed by atoms with van der Waals surface area (Å²) in [7, 11) is 0. The van der Waals surface area contributed by atoms with Crippen LogP contribution in [-0.4, -0.2) is 54.5 Å². The Balaban J connectivity index is 4.33. The number of nitrogens with zero attached hydrogens (tertiary/aromatic N) is 2. The molecule has 4 heteroatoms. The molecule has 0 spiro atoms. The van der Waals surface area contributed by atoms with Crippen LogP contribution in [0.5, 0.6) is 0 Å².